The first kappa shape index (κ1) is 8.97. The van der Waals surface area contributed by atoms with Crippen molar-refractivity contribution >= 4 is 15.9 Å². The van der Waals surface area contributed by atoms with Crippen LogP contribution in [0.2, 0.25) is 0 Å². The summed E-state index contributed by atoms with van der Waals surface area (Å²) in [5.74, 6) is 0.831. The van der Waals surface area contributed by atoms with E-state index in [-0.39, 0.29) is 5.92 Å². The highest BCUT2D eigenvalue weighted by molar-refractivity contribution is 9.09. The van der Waals surface area contributed by atoms with Crippen LogP contribution >= 0.6 is 15.9 Å². The Labute approximate surface area is 65.2 Å². The second kappa shape index (κ2) is 4.81. The minimum Gasteiger partial charge on any atom is -0.198 e. The Hall–Kier alpha value is -0.0300. The van der Waals surface area contributed by atoms with Gasteiger partial charge in [0.25, 0.3) is 0 Å². The summed E-state index contributed by atoms with van der Waals surface area (Å²) in [5, 5.41) is 9.30. The molecule has 0 aromatic carbocycles. The van der Waals surface area contributed by atoms with Crippen molar-refractivity contribution in [1.29, 1.82) is 5.26 Å². The van der Waals surface area contributed by atoms with Gasteiger partial charge in [-0.1, -0.05) is 29.8 Å². The Morgan fingerprint density at radius 2 is 2.11 bits per heavy atom. The number of nitrogens with zero attached hydrogens (tertiary/aromatic N) is 1. The van der Waals surface area contributed by atoms with Gasteiger partial charge in [-0.15, -0.1) is 0 Å². The molecule has 0 aliphatic carbocycles. The van der Waals surface area contributed by atoms with Gasteiger partial charge in [0.05, 0.1) is 12.0 Å². The molecule has 0 saturated heterocycles. The molecule has 52 valence electrons. The third kappa shape index (κ3) is 4.47. The molecule has 0 heterocycles. The summed E-state index contributed by atoms with van der Waals surface area (Å²) in [6.45, 7) is 4.26. The predicted molar refractivity (Wildman–Crippen MR) is 42.4 cm³/mol. The van der Waals surface area contributed by atoms with E-state index in [0.29, 0.717) is 5.92 Å². The highest BCUT2D eigenvalue weighted by Crippen LogP contribution is 2.12. The van der Waals surface area contributed by atoms with E-state index in [0.717, 1.165) is 11.8 Å². The number of nitriles is 1. The Morgan fingerprint density at radius 1 is 1.56 bits per heavy atom. The average Bonchev–Trinajstić information content (AvgIpc) is 1.82. The van der Waals surface area contributed by atoms with Gasteiger partial charge < -0.3 is 0 Å². The van der Waals surface area contributed by atoms with Gasteiger partial charge in [-0.3, -0.25) is 0 Å². The van der Waals surface area contributed by atoms with E-state index in [1.165, 1.54) is 0 Å². The van der Waals surface area contributed by atoms with Gasteiger partial charge in [-0.2, -0.15) is 5.26 Å². The topological polar surface area (TPSA) is 23.8 Å². The number of rotatable bonds is 3. The number of halogens is 1. The lowest BCUT2D eigenvalue weighted by Crippen LogP contribution is -2.02. The largest absolute Gasteiger partial charge is 0.198 e. The van der Waals surface area contributed by atoms with Crippen LogP contribution < -0.4 is 0 Å². The van der Waals surface area contributed by atoms with Gasteiger partial charge in [0.15, 0.2) is 0 Å². The summed E-state index contributed by atoms with van der Waals surface area (Å²) in [6.07, 6.45) is 1.00. The summed E-state index contributed by atoms with van der Waals surface area (Å²) < 4.78 is 0. The van der Waals surface area contributed by atoms with Gasteiger partial charge in [-0.05, 0) is 12.3 Å². The van der Waals surface area contributed by atoms with Gasteiger partial charge in [-0.25, -0.2) is 0 Å². The molecule has 9 heavy (non-hydrogen) atoms. The smallest absolute Gasteiger partial charge is 0.0664 e. The van der Waals surface area contributed by atoms with Gasteiger partial charge in [0, 0.05) is 5.33 Å². The SMILES string of the molecule is CC(C)CC(C#N)CBr. The molecule has 0 aliphatic heterocycles. The minimum atomic E-state index is 0.199. The fraction of sp³-hybridized carbons (Fsp3) is 0.857. The number of hydrogen-bond acceptors (Lipinski definition) is 1. The standard InChI is InChI=1S/C7H12BrN/c1-6(2)3-7(4-8)5-9/h6-7H,3-4H2,1-2H3. The Morgan fingerprint density at radius 3 is 2.22 bits per heavy atom. The van der Waals surface area contributed by atoms with Crippen LogP contribution in [0.3, 0.4) is 0 Å². The molecular formula is C7H12BrN. The second-order valence-corrected chi connectivity index (χ2v) is 3.26. The second-order valence-electron chi connectivity index (χ2n) is 2.61. The molecule has 0 fully saturated rings. The summed E-state index contributed by atoms with van der Waals surface area (Å²) in [4.78, 5) is 0. The molecule has 0 aromatic heterocycles. The van der Waals surface area contributed by atoms with Crippen molar-refractivity contribution in [1.82, 2.24) is 0 Å². The molecule has 1 atom stereocenters. The van der Waals surface area contributed by atoms with Crippen molar-refractivity contribution in [2.45, 2.75) is 20.3 Å². The van der Waals surface area contributed by atoms with E-state index in [9.17, 15) is 0 Å². The fourth-order valence-electron chi connectivity index (χ4n) is 0.719. The van der Waals surface area contributed by atoms with Gasteiger partial charge in [0.1, 0.15) is 0 Å². The molecule has 0 radical (unpaired) electrons. The van der Waals surface area contributed by atoms with E-state index < -0.39 is 0 Å². The molecule has 0 N–H and O–H groups in total. The molecule has 1 nitrogen and oxygen atoms in total. The van der Waals surface area contributed by atoms with E-state index >= 15 is 0 Å². The lowest BCUT2D eigenvalue weighted by molar-refractivity contribution is 0.516. The average molecular weight is 190 g/mol. The maximum atomic E-state index is 8.49. The summed E-state index contributed by atoms with van der Waals surface area (Å²) in [5.41, 5.74) is 0. The maximum Gasteiger partial charge on any atom is 0.0664 e. The number of hydrogen-bond donors (Lipinski definition) is 0. The minimum absolute atomic E-state index is 0.199. The molecule has 1 unspecified atom stereocenters. The fourth-order valence-corrected chi connectivity index (χ4v) is 1.13. The molecule has 0 aliphatic rings. The van der Waals surface area contributed by atoms with E-state index in [4.69, 9.17) is 5.26 Å². The first-order valence-electron chi connectivity index (χ1n) is 3.16. The van der Waals surface area contributed by atoms with Crippen molar-refractivity contribution in [2.24, 2.45) is 11.8 Å². The van der Waals surface area contributed by atoms with Crippen LogP contribution in [0, 0.1) is 23.2 Å². The molecule has 0 bridgehead atoms. The van der Waals surface area contributed by atoms with E-state index in [1.54, 1.807) is 0 Å². The van der Waals surface area contributed by atoms with Crippen LogP contribution in [0.5, 0.6) is 0 Å². The quantitative estimate of drug-likeness (QED) is 0.627. The number of alkyl halides is 1. The normalized spacial score (nSPS) is 13.2. The zero-order valence-corrected chi connectivity index (χ0v) is 7.48. The Kier molecular flexibility index (Phi) is 4.80. The highest BCUT2D eigenvalue weighted by atomic mass is 79.9. The van der Waals surface area contributed by atoms with Crippen molar-refractivity contribution in [3.8, 4) is 6.07 Å². The first-order chi connectivity index (χ1) is 4.20. The van der Waals surface area contributed by atoms with Gasteiger partial charge in [0.2, 0.25) is 0 Å². The molecule has 0 aromatic rings. The van der Waals surface area contributed by atoms with Crippen LogP contribution in [-0.2, 0) is 0 Å². The third-order valence-electron chi connectivity index (χ3n) is 1.12. The molecular weight excluding hydrogens is 178 g/mol. The van der Waals surface area contributed by atoms with Crippen LogP contribution in [0.15, 0.2) is 0 Å². The van der Waals surface area contributed by atoms with Crippen LogP contribution in [0.1, 0.15) is 20.3 Å². The summed E-state index contributed by atoms with van der Waals surface area (Å²) in [7, 11) is 0. The van der Waals surface area contributed by atoms with Crippen LogP contribution in [0.4, 0.5) is 0 Å². The van der Waals surface area contributed by atoms with Crippen LogP contribution in [0.25, 0.3) is 0 Å². The summed E-state index contributed by atoms with van der Waals surface area (Å²) in [6, 6.07) is 2.24. The molecule has 2 heteroatoms. The molecule has 0 spiro atoms. The monoisotopic (exact) mass is 189 g/mol. The molecule has 0 rings (SSSR count). The Bertz CT molecular complexity index is 104. The summed E-state index contributed by atoms with van der Waals surface area (Å²) >= 11 is 3.28. The third-order valence-corrected chi connectivity index (χ3v) is 1.91. The molecule has 0 saturated carbocycles. The van der Waals surface area contributed by atoms with E-state index in [1.807, 2.05) is 0 Å². The zero-order chi connectivity index (χ0) is 7.28. The lowest BCUT2D eigenvalue weighted by Gasteiger charge is -2.06. The zero-order valence-electron chi connectivity index (χ0n) is 5.89. The van der Waals surface area contributed by atoms with Crippen molar-refractivity contribution in [3.63, 3.8) is 0 Å². The van der Waals surface area contributed by atoms with E-state index in [2.05, 4.69) is 35.8 Å². The predicted octanol–water partition coefficient (Wildman–Crippen LogP) is 2.57. The first-order valence-corrected chi connectivity index (χ1v) is 4.28. The van der Waals surface area contributed by atoms with Crippen molar-refractivity contribution in [2.75, 3.05) is 5.33 Å². The Balaban J connectivity index is 3.47. The lowest BCUT2D eigenvalue weighted by atomic mass is 10.0. The maximum absolute atomic E-state index is 8.49. The van der Waals surface area contributed by atoms with Gasteiger partial charge >= 0.3 is 0 Å². The highest BCUT2D eigenvalue weighted by Gasteiger charge is 2.06. The van der Waals surface area contributed by atoms with Crippen molar-refractivity contribution < 1.29 is 0 Å². The molecule has 0 amide bonds. The van der Waals surface area contributed by atoms with Crippen molar-refractivity contribution in [3.05, 3.63) is 0 Å². The van der Waals surface area contributed by atoms with Crippen LogP contribution in [-0.4, -0.2) is 5.33 Å².